The van der Waals surface area contributed by atoms with E-state index in [9.17, 15) is 0 Å². The number of rotatable bonds is 4. The highest BCUT2D eigenvalue weighted by molar-refractivity contribution is 7.17. The van der Waals surface area contributed by atoms with Gasteiger partial charge in [-0.05, 0) is 61.1 Å². The summed E-state index contributed by atoms with van der Waals surface area (Å²) in [6, 6.07) is 6.95. The van der Waals surface area contributed by atoms with E-state index in [0.29, 0.717) is 0 Å². The SMILES string of the molecule is CCc1csc2cc(CCc3sc(C)nc3C)ccc12.O=CO. The smallest absolute Gasteiger partial charge is 0.290 e. The molecule has 0 amide bonds. The predicted octanol–water partition coefficient (Wildman–Crippen LogP) is 5.02. The summed E-state index contributed by atoms with van der Waals surface area (Å²) in [5.74, 6) is 0. The van der Waals surface area contributed by atoms with Gasteiger partial charge in [-0.25, -0.2) is 4.98 Å². The molecular weight excluding hydrogens is 326 g/mol. The van der Waals surface area contributed by atoms with E-state index in [2.05, 4.69) is 49.3 Å². The maximum atomic E-state index is 8.36. The highest BCUT2D eigenvalue weighted by atomic mass is 32.1. The second kappa shape index (κ2) is 8.22. The minimum atomic E-state index is -0.250. The van der Waals surface area contributed by atoms with E-state index in [0.717, 1.165) is 19.3 Å². The number of hydrogen-bond donors (Lipinski definition) is 1. The highest BCUT2D eigenvalue weighted by Crippen LogP contribution is 2.28. The average molecular weight is 348 g/mol. The molecule has 23 heavy (non-hydrogen) atoms. The van der Waals surface area contributed by atoms with Crippen LogP contribution in [0.15, 0.2) is 23.6 Å². The van der Waals surface area contributed by atoms with Crippen molar-refractivity contribution in [1.29, 1.82) is 0 Å². The van der Waals surface area contributed by atoms with Crippen LogP contribution >= 0.6 is 22.7 Å². The van der Waals surface area contributed by atoms with E-state index in [4.69, 9.17) is 9.90 Å². The average Bonchev–Trinajstić information content (AvgIpc) is 3.08. The van der Waals surface area contributed by atoms with Crippen molar-refractivity contribution in [2.45, 2.75) is 40.0 Å². The van der Waals surface area contributed by atoms with Gasteiger partial charge < -0.3 is 5.11 Å². The molecule has 1 aromatic carbocycles. The van der Waals surface area contributed by atoms with Crippen LogP contribution in [-0.2, 0) is 24.1 Å². The van der Waals surface area contributed by atoms with Crippen LogP contribution in [0, 0.1) is 13.8 Å². The van der Waals surface area contributed by atoms with Crippen LogP contribution in [0.3, 0.4) is 0 Å². The van der Waals surface area contributed by atoms with Gasteiger partial charge in [-0.3, -0.25) is 4.79 Å². The summed E-state index contributed by atoms with van der Waals surface area (Å²) >= 11 is 3.71. The van der Waals surface area contributed by atoms with E-state index in [1.807, 2.05) is 22.7 Å². The lowest BCUT2D eigenvalue weighted by atomic mass is 10.1. The van der Waals surface area contributed by atoms with Crippen molar-refractivity contribution in [3.05, 3.63) is 50.3 Å². The molecule has 122 valence electrons. The highest BCUT2D eigenvalue weighted by Gasteiger charge is 2.07. The van der Waals surface area contributed by atoms with Gasteiger partial charge in [-0.15, -0.1) is 22.7 Å². The van der Waals surface area contributed by atoms with Crippen LogP contribution in [-0.4, -0.2) is 16.6 Å². The van der Waals surface area contributed by atoms with Crippen LogP contribution in [0.1, 0.15) is 33.6 Å². The second-order valence-electron chi connectivity index (χ2n) is 5.29. The van der Waals surface area contributed by atoms with Gasteiger partial charge in [0.2, 0.25) is 0 Å². The Kier molecular flexibility index (Phi) is 6.30. The molecule has 3 nitrogen and oxygen atoms in total. The van der Waals surface area contributed by atoms with E-state index in [-0.39, 0.29) is 6.47 Å². The summed E-state index contributed by atoms with van der Waals surface area (Å²) < 4.78 is 1.43. The number of carbonyl (C=O) groups is 1. The monoisotopic (exact) mass is 347 g/mol. The normalized spacial score (nSPS) is 10.4. The van der Waals surface area contributed by atoms with Gasteiger partial charge in [-0.2, -0.15) is 0 Å². The standard InChI is InChI=1S/C17H19NS2.CH2O2/c1-4-14-10-19-17-9-13(5-7-15(14)17)6-8-16-11(2)18-12(3)20-16;2-1-3/h5,7,9-10H,4,6,8H2,1-3H3;1H,(H,2,3). The fourth-order valence-corrected chi connectivity index (χ4v) is 4.67. The Morgan fingerprint density at radius 3 is 2.61 bits per heavy atom. The molecule has 0 aliphatic rings. The van der Waals surface area contributed by atoms with Crippen molar-refractivity contribution in [2.75, 3.05) is 0 Å². The molecule has 0 saturated heterocycles. The number of nitrogens with zero attached hydrogens (tertiary/aromatic N) is 1. The third-order valence-electron chi connectivity index (χ3n) is 3.74. The molecule has 1 N–H and O–H groups in total. The first kappa shape index (κ1) is 17.6. The topological polar surface area (TPSA) is 50.2 Å². The van der Waals surface area contributed by atoms with Crippen molar-refractivity contribution in [1.82, 2.24) is 4.98 Å². The van der Waals surface area contributed by atoms with Gasteiger partial charge in [-0.1, -0.05) is 19.1 Å². The van der Waals surface area contributed by atoms with Crippen molar-refractivity contribution in [3.63, 3.8) is 0 Å². The van der Waals surface area contributed by atoms with E-state index in [1.54, 1.807) is 0 Å². The zero-order valence-electron chi connectivity index (χ0n) is 13.6. The van der Waals surface area contributed by atoms with Gasteiger partial charge >= 0.3 is 0 Å². The molecule has 0 bridgehead atoms. The Balaban J connectivity index is 0.000000595. The van der Waals surface area contributed by atoms with Crippen LogP contribution in [0.5, 0.6) is 0 Å². The third kappa shape index (κ3) is 4.39. The Hall–Kier alpha value is -1.72. The van der Waals surface area contributed by atoms with Gasteiger partial charge in [0.25, 0.3) is 6.47 Å². The molecule has 0 atom stereocenters. The maximum absolute atomic E-state index is 8.36. The fraction of sp³-hybridized carbons (Fsp3) is 0.333. The van der Waals surface area contributed by atoms with E-state index >= 15 is 0 Å². The van der Waals surface area contributed by atoms with Gasteiger partial charge in [0.05, 0.1) is 10.7 Å². The van der Waals surface area contributed by atoms with E-state index < -0.39 is 0 Å². The molecule has 0 radical (unpaired) electrons. The fourth-order valence-electron chi connectivity index (χ4n) is 2.62. The molecule has 3 aromatic rings. The number of benzene rings is 1. The number of thiazole rings is 1. The number of thiophene rings is 1. The quantitative estimate of drug-likeness (QED) is 0.674. The van der Waals surface area contributed by atoms with Crippen molar-refractivity contribution in [3.8, 4) is 0 Å². The van der Waals surface area contributed by atoms with Crippen LogP contribution in [0.2, 0.25) is 0 Å². The van der Waals surface area contributed by atoms with Gasteiger partial charge in [0.1, 0.15) is 0 Å². The van der Waals surface area contributed by atoms with Gasteiger partial charge in [0.15, 0.2) is 0 Å². The zero-order valence-corrected chi connectivity index (χ0v) is 15.3. The minimum Gasteiger partial charge on any atom is -0.483 e. The Bertz CT molecular complexity index is 790. The molecule has 0 aliphatic heterocycles. The van der Waals surface area contributed by atoms with Crippen LogP contribution < -0.4 is 0 Å². The lowest BCUT2D eigenvalue weighted by Crippen LogP contribution is -1.91. The molecule has 0 spiro atoms. The van der Waals surface area contributed by atoms with Crippen molar-refractivity contribution < 1.29 is 9.90 Å². The molecule has 0 unspecified atom stereocenters. The summed E-state index contributed by atoms with van der Waals surface area (Å²) in [5, 5.41) is 11.8. The minimum absolute atomic E-state index is 0.250. The number of carboxylic acid groups (broad SMARTS) is 1. The van der Waals surface area contributed by atoms with Crippen molar-refractivity contribution in [2.24, 2.45) is 0 Å². The van der Waals surface area contributed by atoms with Crippen LogP contribution in [0.25, 0.3) is 10.1 Å². The maximum Gasteiger partial charge on any atom is 0.290 e. The molecular formula is C18H21NO2S2. The first-order valence-corrected chi connectivity index (χ1v) is 9.28. The lowest BCUT2D eigenvalue weighted by Gasteiger charge is -2.02. The summed E-state index contributed by atoms with van der Waals surface area (Å²) in [4.78, 5) is 14.3. The lowest BCUT2D eigenvalue weighted by molar-refractivity contribution is -0.122. The molecule has 3 rings (SSSR count). The second-order valence-corrected chi connectivity index (χ2v) is 7.49. The van der Waals surface area contributed by atoms with Gasteiger partial charge in [0, 0.05) is 9.58 Å². The summed E-state index contributed by atoms with van der Waals surface area (Å²) in [5.41, 5.74) is 4.12. The zero-order chi connectivity index (χ0) is 16.8. The molecule has 2 aromatic heterocycles. The first-order chi connectivity index (χ1) is 11.1. The third-order valence-corrected chi connectivity index (χ3v) is 5.87. The molecule has 0 saturated carbocycles. The molecule has 2 heterocycles. The number of aryl methyl sites for hydroxylation is 5. The summed E-state index contributed by atoms with van der Waals surface area (Å²) in [7, 11) is 0. The largest absolute Gasteiger partial charge is 0.483 e. The van der Waals surface area contributed by atoms with Crippen molar-refractivity contribution >= 4 is 39.2 Å². The Labute approximate surface area is 144 Å². The summed E-state index contributed by atoms with van der Waals surface area (Å²) in [6.45, 7) is 6.18. The molecule has 0 aliphatic carbocycles. The molecule has 0 fully saturated rings. The summed E-state index contributed by atoms with van der Waals surface area (Å²) in [6.07, 6.45) is 3.34. The number of fused-ring (bicyclic) bond motifs is 1. The Morgan fingerprint density at radius 1 is 1.26 bits per heavy atom. The Morgan fingerprint density at radius 2 is 2.00 bits per heavy atom. The number of aromatic nitrogens is 1. The predicted molar refractivity (Wildman–Crippen MR) is 98.9 cm³/mol. The van der Waals surface area contributed by atoms with Crippen LogP contribution in [0.4, 0.5) is 0 Å². The number of hydrogen-bond acceptors (Lipinski definition) is 4. The van der Waals surface area contributed by atoms with E-state index in [1.165, 1.54) is 36.8 Å². The first-order valence-electron chi connectivity index (χ1n) is 7.58. The molecule has 5 heteroatoms.